The van der Waals surface area contributed by atoms with Crippen LogP contribution >= 0.6 is 0 Å². The van der Waals surface area contributed by atoms with Crippen molar-refractivity contribution in [1.29, 1.82) is 0 Å². The van der Waals surface area contributed by atoms with E-state index < -0.39 is 34.9 Å². The summed E-state index contributed by atoms with van der Waals surface area (Å²) >= 11 is 0. The van der Waals surface area contributed by atoms with E-state index in [9.17, 15) is 13.2 Å². The lowest BCUT2D eigenvalue weighted by molar-refractivity contribution is 0.0895. The van der Waals surface area contributed by atoms with E-state index in [4.69, 9.17) is 0 Å². The molecule has 6 aliphatic rings. The van der Waals surface area contributed by atoms with Crippen molar-refractivity contribution in [3.05, 3.63) is 179 Å². The van der Waals surface area contributed by atoms with Crippen LogP contribution in [0, 0.1) is 71.9 Å². The Bertz CT molecular complexity index is 5090. The maximum Gasteiger partial charge on any atom is 0.229 e. The minimum absolute atomic E-state index is 0.0121. The molecule has 0 radical (unpaired) electrons. The molecule has 12 aromatic rings. The van der Waals surface area contributed by atoms with Gasteiger partial charge in [-0.05, 0) is 287 Å². The van der Waals surface area contributed by atoms with Crippen LogP contribution in [-0.2, 0) is 0 Å². The molecule has 3 aromatic carbocycles. The lowest BCUT2D eigenvalue weighted by Crippen LogP contribution is -2.42. The molecule has 0 aliphatic carbocycles. The fourth-order valence-electron chi connectivity index (χ4n) is 19.0. The van der Waals surface area contributed by atoms with Crippen LogP contribution in [0.1, 0.15) is 191 Å². The number of rotatable bonds is 18. The fourth-order valence-corrected chi connectivity index (χ4v) is 19.0. The van der Waals surface area contributed by atoms with Crippen LogP contribution in [0.15, 0.2) is 110 Å². The van der Waals surface area contributed by atoms with E-state index in [1.165, 1.54) is 76.0 Å². The molecule has 6 fully saturated rings. The third-order valence-electron chi connectivity index (χ3n) is 26.1. The van der Waals surface area contributed by atoms with E-state index in [2.05, 4.69) is 145 Å². The van der Waals surface area contributed by atoms with Crippen LogP contribution in [0.4, 0.5) is 61.6 Å². The number of pyridine rings is 3. The summed E-state index contributed by atoms with van der Waals surface area (Å²) < 4.78 is 95.5. The molecule has 3 spiro atoms. The van der Waals surface area contributed by atoms with E-state index in [1.54, 1.807) is 18.2 Å². The van der Waals surface area contributed by atoms with Crippen molar-refractivity contribution in [2.75, 3.05) is 94.5 Å². The first-order chi connectivity index (χ1) is 57.7. The Hall–Kier alpha value is -10.5. The van der Waals surface area contributed by atoms with Crippen molar-refractivity contribution < 1.29 is 26.3 Å². The van der Waals surface area contributed by atoms with Crippen LogP contribution in [0.25, 0.3) is 66.9 Å². The van der Waals surface area contributed by atoms with E-state index >= 15 is 13.2 Å². The second-order valence-corrected chi connectivity index (χ2v) is 34.7. The monoisotopic (exact) mass is 1640 g/mol. The Labute approximate surface area is 696 Å². The Balaban J connectivity index is 0.000000134. The molecule has 0 amide bonds. The molecule has 120 heavy (non-hydrogen) atoms. The first-order valence-corrected chi connectivity index (χ1v) is 42.4. The number of aryl methyl sites for hydroxylation is 3. The zero-order valence-electron chi connectivity index (χ0n) is 70.5. The SMILES string of the molecule is Cc1nc2c(F)cc(-c3nc(Nc4ccc(C(C)N5CCC6(CCNC6)CC5)cn4)ncc3F)cc2n1C(C)C.Cc1nc2c(F)cc(-c3nc(Nc4ccc([C@@H](C)N5CCC6(CCNC6)CC5)cn4)ncc3F)cc2n1C(C)C.Cc1nc2c(F)cc(-c3nc(Nc4ccc([C@H](C)N5CCC6(CCNC6)CC5)cn4)ncc3F)cc2n1C(C)C. The maximum atomic E-state index is 15.0. The van der Waals surface area contributed by atoms with Gasteiger partial charge in [-0.2, -0.15) is 0 Å². The molecule has 9 aromatic heterocycles. The minimum Gasteiger partial charge on any atom is -0.326 e. The van der Waals surface area contributed by atoms with Crippen molar-refractivity contribution in [2.45, 2.75) is 177 Å². The number of hydrogen-bond acceptors (Lipinski definition) is 21. The van der Waals surface area contributed by atoms with Gasteiger partial charge in [0.25, 0.3) is 0 Å². The Kier molecular flexibility index (Phi) is 23.9. The number of halogens is 6. The summed E-state index contributed by atoms with van der Waals surface area (Å²) in [5, 5.41) is 19.8. The molecule has 6 saturated heterocycles. The van der Waals surface area contributed by atoms with Gasteiger partial charge in [-0.1, -0.05) is 18.2 Å². The van der Waals surface area contributed by atoms with Crippen molar-refractivity contribution >= 4 is 68.4 Å². The van der Waals surface area contributed by atoms with Crippen LogP contribution in [0.3, 0.4) is 0 Å². The van der Waals surface area contributed by atoms with Crippen molar-refractivity contribution in [2.24, 2.45) is 16.2 Å². The zero-order chi connectivity index (χ0) is 84.1. The standard InChI is InChI=1S/3C30H36F2N8/c3*1-18(2)40-20(4)36-28-23(31)13-22(14-25(28)40)27-24(32)16-35-29(38-27)37-26-6-5-21(15-34-26)19(3)39-11-8-30(9-12-39)7-10-33-17-30/h3*5-6,13-16,18-19,33H,7-12,17H2,1-4H3,(H,34,35,37,38)/t2*19-;/m10./s1. The van der Waals surface area contributed by atoms with Gasteiger partial charge in [-0.25, -0.2) is 86.2 Å². The van der Waals surface area contributed by atoms with E-state index in [0.717, 1.165) is 114 Å². The van der Waals surface area contributed by atoms with Gasteiger partial charge in [0.2, 0.25) is 17.8 Å². The number of nitrogens with one attached hydrogen (secondary N) is 6. The molecule has 0 saturated carbocycles. The molecule has 15 heterocycles. The number of benzene rings is 3. The number of piperidine rings is 3. The van der Waals surface area contributed by atoms with Gasteiger partial charge in [-0.15, -0.1) is 0 Å². The molecule has 24 nitrogen and oxygen atoms in total. The highest BCUT2D eigenvalue weighted by Gasteiger charge is 2.41. The van der Waals surface area contributed by atoms with Crippen molar-refractivity contribution in [3.63, 3.8) is 0 Å². The summed E-state index contributed by atoms with van der Waals surface area (Å²) in [7, 11) is 0. The summed E-state index contributed by atoms with van der Waals surface area (Å²) in [6, 6.07) is 21.9. The number of imidazole rings is 3. The Morgan fingerprint density at radius 1 is 0.325 bits per heavy atom. The topological polar surface area (TPSA) is 251 Å². The van der Waals surface area contributed by atoms with Crippen LogP contribution in [0.2, 0.25) is 0 Å². The smallest absolute Gasteiger partial charge is 0.229 e. The average Bonchev–Trinajstić information content (AvgIpc) is 1.59. The minimum atomic E-state index is -0.634. The van der Waals surface area contributed by atoms with E-state index in [-0.39, 0.29) is 87.7 Å². The summed E-state index contributed by atoms with van der Waals surface area (Å²) in [5.74, 6) is 0.868. The zero-order valence-corrected chi connectivity index (χ0v) is 70.5. The maximum absolute atomic E-state index is 15.0. The van der Waals surface area contributed by atoms with Gasteiger partial charge < -0.3 is 45.6 Å². The summed E-state index contributed by atoms with van der Waals surface area (Å²) in [4.78, 5) is 59.9. The first kappa shape index (κ1) is 83.2. The molecule has 0 bridgehead atoms. The number of likely N-dealkylation sites (tertiary alicyclic amines) is 3. The second kappa shape index (κ2) is 34.6. The van der Waals surface area contributed by atoms with Crippen LogP contribution < -0.4 is 31.9 Å². The molecule has 18 rings (SSSR count). The van der Waals surface area contributed by atoms with Gasteiger partial charge in [0.15, 0.2) is 34.9 Å². The van der Waals surface area contributed by atoms with Gasteiger partial charge in [0.05, 0.1) is 35.1 Å². The highest BCUT2D eigenvalue weighted by Crippen LogP contribution is 2.44. The van der Waals surface area contributed by atoms with Gasteiger partial charge in [0, 0.05) is 91.2 Å². The fraction of sp³-hybridized carbons (Fsp3) is 0.467. The molecular weight excluding hydrogens is 1530 g/mol. The largest absolute Gasteiger partial charge is 0.326 e. The van der Waals surface area contributed by atoms with Crippen LogP contribution in [0.5, 0.6) is 0 Å². The third kappa shape index (κ3) is 17.3. The predicted octanol–water partition coefficient (Wildman–Crippen LogP) is 17.8. The third-order valence-corrected chi connectivity index (χ3v) is 26.1. The molecule has 30 heteroatoms. The lowest BCUT2D eigenvalue weighted by Gasteiger charge is -2.41. The molecule has 630 valence electrons. The van der Waals surface area contributed by atoms with Gasteiger partial charge in [-0.3, -0.25) is 14.7 Å². The highest BCUT2D eigenvalue weighted by molar-refractivity contribution is 5.85. The molecular formula is C90H108F6N24. The van der Waals surface area contributed by atoms with E-state index in [1.807, 2.05) is 113 Å². The number of aromatic nitrogens is 15. The highest BCUT2D eigenvalue weighted by atomic mass is 19.1. The Morgan fingerprint density at radius 3 is 0.817 bits per heavy atom. The molecule has 3 atom stereocenters. The van der Waals surface area contributed by atoms with Gasteiger partial charge >= 0.3 is 0 Å². The molecule has 6 N–H and O–H groups in total. The average molecular weight is 1640 g/mol. The van der Waals surface area contributed by atoms with Crippen LogP contribution in [-0.4, -0.2) is 167 Å². The van der Waals surface area contributed by atoms with Gasteiger partial charge in [0.1, 0.15) is 68.6 Å². The Morgan fingerprint density at radius 2 is 0.592 bits per heavy atom. The quantitative estimate of drug-likeness (QED) is 0.0437. The predicted molar refractivity (Wildman–Crippen MR) is 457 cm³/mol. The number of nitrogens with zero attached hydrogens (tertiary/aromatic N) is 18. The molecule has 1 unspecified atom stereocenters. The number of anilines is 6. The first-order valence-electron chi connectivity index (χ1n) is 42.4. The van der Waals surface area contributed by atoms with Crippen molar-refractivity contribution in [3.8, 4) is 33.8 Å². The second-order valence-electron chi connectivity index (χ2n) is 34.7. The summed E-state index contributed by atoms with van der Waals surface area (Å²) in [5.41, 5.74) is 8.51. The van der Waals surface area contributed by atoms with E-state index in [0.29, 0.717) is 84.4 Å². The number of hydrogen-bond donors (Lipinski definition) is 6. The summed E-state index contributed by atoms with van der Waals surface area (Å²) in [6.07, 6.45) is 20.2. The summed E-state index contributed by atoms with van der Waals surface area (Å²) in [6.45, 7) is 37.6. The normalized spacial score (nSPS) is 18.2. The number of fused-ring (bicyclic) bond motifs is 3. The lowest BCUT2D eigenvalue weighted by atomic mass is 9.77. The molecule has 6 aliphatic heterocycles. The van der Waals surface area contributed by atoms with Crippen molar-refractivity contribution in [1.82, 2.24) is 104 Å².